The van der Waals surface area contributed by atoms with Crippen molar-refractivity contribution in [2.75, 3.05) is 5.75 Å². The zero-order chi connectivity index (χ0) is 8.48. The lowest BCUT2D eigenvalue weighted by Crippen LogP contribution is -2.13. The summed E-state index contributed by atoms with van der Waals surface area (Å²) in [6, 6.07) is 0. The van der Waals surface area contributed by atoms with Crippen LogP contribution in [0.2, 0.25) is 0 Å². The van der Waals surface area contributed by atoms with Gasteiger partial charge in [0.2, 0.25) is 0 Å². The summed E-state index contributed by atoms with van der Waals surface area (Å²) in [5, 5.41) is 0.0289. The van der Waals surface area contributed by atoms with Crippen LogP contribution in [0, 0.1) is 5.92 Å². The maximum Gasteiger partial charge on any atom is 0.153 e. The Balaban J connectivity index is 2.35. The van der Waals surface area contributed by atoms with E-state index in [0.29, 0.717) is 11.7 Å². The molecule has 0 radical (unpaired) electrons. The van der Waals surface area contributed by atoms with Crippen LogP contribution < -0.4 is 0 Å². The Hall–Kier alpha value is -0.0500. The van der Waals surface area contributed by atoms with Gasteiger partial charge >= 0.3 is 0 Å². The molecule has 0 aromatic rings. The molecule has 1 aliphatic rings. The van der Waals surface area contributed by atoms with Crippen molar-refractivity contribution in [1.82, 2.24) is 0 Å². The first kappa shape index (κ1) is 9.04. The average Bonchev–Trinajstić information content (AvgIpc) is 2.64. The largest absolute Gasteiger partial charge is 0.229 e. The highest BCUT2D eigenvalue weighted by Crippen LogP contribution is 2.29. The molecule has 0 unspecified atom stereocenters. The Labute approximate surface area is 68.9 Å². The lowest BCUT2D eigenvalue weighted by atomic mass is 10.2. The first-order valence-corrected chi connectivity index (χ1v) is 5.95. The second-order valence-electron chi connectivity index (χ2n) is 3.75. The second kappa shape index (κ2) is 3.13. The topological polar surface area (TPSA) is 34.1 Å². The van der Waals surface area contributed by atoms with Gasteiger partial charge in [-0.3, -0.25) is 0 Å². The summed E-state index contributed by atoms with van der Waals surface area (Å²) in [7, 11) is -2.68. The van der Waals surface area contributed by atoms with Gasteiger partial charge in [-0.15, -0.1) is 0 Å². The van der Waals surface area contributed by atoms with Crippen LogP contribution in [0.25, 0.3) is 0 Å². The standard InChI is InChI=1S/C8H16O2S/c1-7(2)5-6-11(9,10)8-3-4-8/h7-8H,3-6H2,1-2H3. The second-order valence-corrected chi connectivity index (χ2v) is 6.15. The van der Waals surface area contributed by atoms with Crippen LogP contribution >= 0.6 is 0 Å². The van der Waals surface area contributed by atoms with E-state index in [1.807, 2.05) is 0 Å². The van der Waals surface area contributed by atoms with Gasteiger partial charge in [0, 0.05) is 0 Å². The Morgan fingerprint density at radius 1 is 1.36 bits per heavy atom. The van der Waals surface area contributed by atoms with Gasteiger partial charge in [0.25, 0.3) is 0 Å². The fourth-order valence-corrected chi connectivity index (χ4v) is 2.98. The van der Waals surface area contributed by atoms with E-state index in [0.717, 1.165) is 19.3 Å². The van der Waals surface area contributed by atoms with Crippen LogP contribution in [0.4, 0.5) is 0 Å². The first-order chi connectivity index (χ1) is 5.02. The molecular weight excluding hydrogens is 160 g/mol. The van der Waals surface area contributed by atoms with Crippen LogP contribution in [0.1, 0.15) is 33.1 Å². The van der Waals surface area contributed by atoms with E-state index in [-0.39, 0.29) is 5.25 Å². The molecule has 66 valence electrons. The van der Waals surface area contributed by atoms with E-state index in [9.17, 15) is 8.42 Å². The summed E-state index contributed by atoms with van der Waals surface area (Å²) in [4.78, 5) is 0. The van der Waals surface area contributed by atoms with E-state index in [4.69, 9.17) is 0 Å². The van der Waals surface area contributed by atoms with Gasteiger partial charge in [0.05, 0.1) is 11.0 Å². The van der Waals surface area contributed by atoms with Crippen molar-refractivity contribution in [3.05, 3.63) is 0 Å². The lowest BCUT2D eigenvalue weighted by Gasteiger charge is -2.04. The maximum absolute atomic E-state index is 11.3. The molecule has 0 bridgehead atoms. The first-order valence-electron chi connectivity index (χ1n) is 4.24. The van der Waals surface area contributed by atoms with Gasteiger partial charge in [-0.05, 0) is 25.2 Å². The van der Waals surface area contributed by atoms with Gasteiger partial charge in [-0.1, -0.05) is 13.8 Å². The summed E-state index contributed by atoms with van der Waals surface area (Å²) >= 11 is 0. The summed E-state index contributed by atoms with van der Waals surface area (Å²) in [5.41, 5.74) is 0. The fraction of sp³-hybridized carbons (Fsp3) is 1.00. The number of hydrogen-bond acceptors (Lipinski definition) is 2. The molecule has 0 N–H and O–H groups in total. The van der Waals surface area contributed by atoms with Gasteiger partial charge in [-0.25, -0.2) is 8.42 Å². The monoisotopic (exact) mass is 176 g/mol. The quantitative estimate of drug-likeness (QED) is 0.652. The molecule has 1 saturated carbocycles. The van der Waals surface area contributed by atoms with Crippen molar-refractivity contribution in [2.45, 2.75) is 38.4 Å². The van der Waals surface area contributed by atoms with E-state index in [1.165, 1.54) is 0 Å². The zero-order valence-electron chi connectivity index (χ0n) is 7.21. The van der Waals surface area contributed by atoms with Crippen molar-refractivity contribution in [1.29, 1.82) is 0 Å². The smallest absolute Gasteiger partial charge is 0.153 e. The maximum atomic E-state index is 11.3. The van der Waals surface area contributed by atoms with Crippen molar-refractivity contribution >= 4 is 9.84 Å². The third-order valence-electron chi connectivity index (χ3n) is 2.01. The van der Waals surface area contributed by atoms with Gasteiger partial charge in [-0.2, -0.15) is 0 Å². The van der Waals surface area contributed by atoms with E-state index in [2.05, 4.69) is 13.8 Å². The number of rotatable bonds is 4. The van der Waals surface area contributed by atoms with Crippen LogP contribution in [-0.4, -0.2) is 19.4 Å². The molecule has 0 amide bonds. The molecule has 0 atom stereocenters. The zero-order valence-corrected chi connectivity index (χ0v) is 8.02. The third-order valence-corrected chi connectivity index (χ3v) is 4.30. The number of hydrogen-bond donors (Lipinski definition) is 0. The Morgan fingerprint density at radius 2 is 1.91 bits per heavy atom. The predicted molar refractivity (Wildman–Crippen MR) is 46.3 cm³/mol. The van der Waals surface area contributed by atoms with Crippen molar-refractivity contribution < 1.29 is 8.42 Å². The molecule has 0 saturated heterocycles. The fourth-order valence-electron chi connectivity index (χ4n) is 0.994. The Morgan fingerprint density at radius 3 is 2.27 bits per heavy atom. The van der Waals surface area contributed by atoms with Crippen LogP contribution in [0.15, 0.2) is 0 Å². The summed E-state index contributed by atoms with van der Waals surface area (Å²) in [5.74, 6) is 0.901. The molecule has 1 aliphatic carbocycles. The summed E-state index contributed by atoms with van der Waals surface area (Å²) < 4.78 is 22.6. The lowest BCUT2D eigenvalue weighted by molar-refractivity contribution is 0.572. The molecule has 3 heteroatoms. The highest BCUT2D eigenvalue weighted by atomic mass is 32.2. The Bertz CT molecular complexity index is 212. The van der Waals surface area contributed by atoms with E-state index < -0.39 is 9.84 Å². The van der Waals surface area contributed by atoms with Crippen LogP contribution in [0.5, 0.6) is 0 Å². The third kappa shape index (κ3) is 2.81. The van der Waals surface area contributed by atoms with Crippen molar-refractivity contribution in [2.24, 2.45) is 5.92 Å². The molecule has 1 rings (SSSR count). The van der Waals surface area contributed by atoms with E-state index >= 15 is 0 Å². The van der Waals surface area contributed by atoms with Crippen LogP contribution in [0.3, 0.4) is 0 Å². The average molecular weight is 176 g/mol. The van der Waals surface area contributed by atoms with E-state index in [1.54, 1.807) is 0 Å². The molecule has 0 aromatic heterocycles. The van der Waals surface area contributed by atoms with Crippen molar-refractivity contribution in [3.63, 3.8) is 0 Å². The minimum atomic E-state index is -2.68. The van der Waals surface area contributed by atoms with Gasteiger partial charge in [0.15, 0.2) is 9.84 Å². The molecule has 0 spiro atoms. The molecule has 0 aromatic carbocycles. The SMILES string of the molecule is CC(C)CCS(=O)(=O)C1CC1. The number of sulfone groups is 1. The predicted octanol–water partition coefficient (Wildman–Crippen LogP) is 1.61. The molecule has 0 aliphatic heterocycles. The molecule has 1 fully saturated rings. The normalized spacial score (nSPS) is 19.2. The summed E-state index contributed by atoms with van der Waals surface area (Å²) in [6.45, 7) is 4.12. The highest BCUT2D eigenvalue weighted by molar-refractivity contribution is 7.92. The van der Waals surface area contributed by atoms with Gasteiger partial charge < -0.3 is 0 Å². The highest BCUT2D eigenvalue weighted by Gasteiger charge is 2.34. The molecule has 11 heavy (non-hydrogen) atoms. The van der Waals surface area contributed by atoms with Gasteiger partial charge in [0.1, 0.15) is 0 Å². The summed E-state index contributed by atoms with van der Waals surface area (Å²) in [6.07, 6.45) is 2.62. The Kier molecular flexibility index (Phi) is 2.58. The minimum Gasteiger partial charge on any atom is -0.229 e. The van der Waals surface area contributed by atoms with Crippen molar-refractivity contribution in [3.8, 4) is 0 Å². The minimum absolute atomic E-state index is 0.0289. The van der Waals surface area contributed by atoms with Crippen LogP contribution in [-0.2, 0) is 9.84 Å². The molecule has 0 heterocycles. The molecule has 2 nitrogen and oxygen atoms in total. The molecular formula is C8H16O2S.